The van der Waals surface area contributed by atoms with Crippen LogP contribution in [0, 0.1) is 12.7 Å². The van der Waals surface area contributed by atoms with Gasteiger partial charge in [-0.3, -0.25) is 0 Å². The van der Waals surface area contributed by atoms with Crippen LogP contribution in [0.15, 0.2) is 42.6 Å². The van der Waals surface area contributed by atoms with Gasteiger partial charge < -0.3 is 5.32 Å². The van der Waals surface area contributed by atoms with Crippen LogP contribution in [0.3, 0.4) is 0 Å². The first-order valence-electron chi connectivity index (χ1n) is 6.02. The first-order valence-corrected chi connectivity index (χ1v) is 6.02. The Bertz CT molecular complexity index is 703. The summed E-state index contributed by atoms with van der Waals surface area (Å²) in [6, 6.07) is 11.2. The van der Waals surface area contributed by atoms with Gasteiger partial charge in [-0.25, -0.2) is 8.91 Å². The van der Waals surface area contributed by atoms with Gasteiger partial charge in [0.1, 0.15) is 5.82 Å². The number of aryl methyl sites for hydroxylation is 1. The number of nitrogens with one attached hydrogen (secondary N) is 1. The van der Waals surface area contributed by atoms with Crippen LogP contribution in [0.25, 0.3) is 5.65 Å². The fourth-order valence-corrected chi connectivity index (χ4v) is 1.82. The number of aromatic nitrogens is 3. The Balaban J connectivity index is 1.76. The van der Waals surface area contributed by atoms with E-state index < -0.39 is 0 Å². The highest BCUT2D eigenvalue weighted by Crippen LogP contribution is 2.09. The van der Waals surface area contributed by atoms with Crippen molar-refractivity contribution < 1.29 is 4.39 Å². The van der Waals surface area contributed by atoms with E-state index in [9.17, 15) is 4.39 Å². The van der Waals surface area contributed by atoms with E-state index in [1.165, 1.54) is 22.3 Å². The molecule has 1 N–H and O–H groups in total. The quantitative estimate of drug-likeness (QED) is 0.783. The standard InChI is InChI=1S/C14H13FN4/c1-10-2-4-11(5-3-10)8-16-14-17-13-7-6-12(15)9-19(13)18-14/h2-7,9H,8H2,1H3,(H,16,18). The number of hydrogen-bond acceptors (Lipinski definition) is 3. The van der Waals surface area contributed by atoms with E-state index in [1.807, 2.05) is 0 Å². The topological polar surface area (TPSA) is 42.2 Å². The van der Waals surface area contributed by atoms with E-state index in [-0.39, 0.29) is 5.82 Å². The second kappa shape index (κ2) is 4.68. The monoisotopic (exact) mass is 256 g/mol. The van der Waals surface area contributed by atoms with Crippen molar-refractivity contribution in [1.82, 2.24) is 14.6 Å². The van der Waals surface area contributed by atoms with Crippen LogP contribution in [-0.4, -0.2) is 14.6 Å². The van der Waals surface area contributed by atoms with Gasteiger partial charge in [0.05, 0.1) is 6.20 Å². The Morgan fingerprint density at radius 1 is 1.16 bits per heavy atom. The van der Waals surface area contributed by atoms with Gasteiger partial charge in [0.2, 0.25) is 5.95 Å². The smallest absolute Gasteiger partial charge is 0.243 e. The van der Waals surface area contributed by atoms with Gasteiger partial charge in [0, 0.05) is 6.54 Å². The van der Waals surface area contributed by atoms with Crippen molar-refractivity contribution in [3.8, 4) is 0 Å². The molecule has 96 valence electrons. The molecule has 0 aliphatic carbocycles. The van der Waals surface area contributed by atoms with Crippen LogP contribution in [0.4, 0.5) is 10.3 Å². The van der Waals surface area contributed by atoms with Gasteiger partial charge in [-0.15, -0.1) is 5.10 Å². The maximum Gasteiger partial charge on any atom is 0.243 e. The molecule has 2 heterocycles. The number of hydrogen-bond donors (Lipinski definition) is 1. The van der Waals surface area contributed by atoms with E-state index in [4.69, 9.17) is 0 Å². The minimum absolute atomic E-state index is 0.331. The van der Waals surface area contributed by atoms with Gasteiger partial charge in [-0.2, -0.15) is 4.98 Å². The molecule has 0 atom stereocenters. The highest BCUT2D eigenvalue weighted by Gasteiger charge is 2.03. The lowest BCUT2D eigenvalue weighted by molar-refractivity contribution is 0.615. The van der Waals surface area contributed by atoms with E-state index in [0.717, 1.165) is 5.56 Å². The molecule has 0 saturated carbocycles. The minimum Gasteiger partial charge on any atom is -0.349 e. The van der Waals surface area contributed by atoms with Crippen LogP contribution in [0.1, 0.15) is 11.1 Å². The largest absolute Gasteiger partial charge is 0.349 e. The van der Waals surface area contributed by atoms with Crippen LogP contribution >= 0.6 is 0 Å². The average Bonchev–Trinajstić information content (AvgIpc) is 2.80. The molecule has 0 fully saturated rings. The number of fused-ring (bicyclic) bond motifs is 1. The molecule has 19 heavy (non-hydrogen) atoms. The molecule has 5 heteroatoms. The third-order valence-corrected chi connectivity index (χ3v) is 2.87. The third kappa shape index (κ3) is 2.54. The van der Waals surface area contributed by atoms with Crippen molar-refractivity contribution >= 4 is 11.6 Å². The Morgan fingerprint density at radius 3 is 2.74 bits per heavy atom. The second-order valence-corrected chi connectivity index (χ2v) is 4.42. The number of halogens is 1. The van der Waals surface area contributed by atoms with Crippen molar-refractivity contribution in [1.29, 1.82) is 0 Å². The molecular weight excluding hydrogens is 243 g/mol. The van der Waals surface area contributed by atoms with Crippen LogP contribution in [-0.2, 0) is 6.54 Å². The number of nitrogens with zero attached hydrogens (tertiary/aromatic N) is 3. The van der Waals surface area contributed by atoms with Gasteiger partial charge in [0.15, 0.2) is 5.65 Å². The summed E-state index contributed by atoms with van der Waals surface area (Å²) in [4.78, 5) is 4.26. The lowest BCUT2D eigenvalue weighted by Gasteiger charge is -2.02. The molecule has 3 rings (SSSR count). The molecule has 0 amide bonds. The first kappa shape index (κ1) is 11.6. The van der Waals surface area contributed by atoms with Crippen molar-refractivity contribution in [2.45, 2.75) is 13.5 Å². The lowest BCUT2D eigenvalue weighted by atomic mass is 10.1. The summed E-state index contributed by atoms with van der Waals surface area (Å²) in [7, 11) is 0. The van der Waals surface area contributed by atoms with Crippen molar-refractivity contribution in [3.63, 3.8) is 0 Å². The molecular formula is C14H13FN4. The Kier molecular flexibility index (Phi) is 2.87. The molecule has 0 aliphatic heterocycles. The average molecular weight is 256 g/mol. The predicted molar refractivity (Wildman–Crippen MR) is 71.5 cm³/mol. The van der Waals surface area contributed by atoms with E-state index in [0.29, 0.717) is 18.1 Å². The summed E-state index contributed by atoms with van der Waals surface area (Å²) in [6.07, 6.45) is 1.30. The molecule has 0 unspecified atom stereocenters. The molecule has 1 aromatic carbocycles. The Hall–Kier alpha value is -2.43. The van der Waals surface area contributed by atoms with Crippen molar-refractivity contribution in [2.24, 2.45) is 0 Å². The van der Waals surface area contributed by atoms with Gasteiger partial charge in [0.25, 0.3) is 0 Å². The Morgan fingerprint density at radius 2 is 1.95 bits per heavy atom. The van der Waals surface area contributed by atoms with Crippen LogP contribution in [0.5, 0.6) is 0 Å². The fourth-order valence-electron chi connectivity index (χ4n) is 1.82. The summed E-state index contributed by atoms with van der Waals surface area (Å²) in [5.74, 6) is 0.161. The normalized spacial score (nSPS) is 10.8. The van der Waals surface area contributed by atoms with E-state index in [2.05, 4.69) is 46.6 Å². The molecule has 2 aromatic heterocycles. The molecule has 0 spiro atoms. The molecule has 0 aliphatic rings. The summed E-state index contributed by atoms with van der Waals surface area (Å²) in [5, 5.41) is 7.28. The molecule has 3 aromatic rings. The molecule has 0 bridgehead atoms. The fraction of sp³-hybridized carbons (Fsp3) is 0.143. The van der Waals surface area contributed by atoms with Crippen molar-refractivity contribution in [2.75, 3.05) is 5.32 Å². The zero-order valence-electron chi connectivity index (χ0n) is 10.5. The van der Waals surface area contributed by atoms with Gasteiger partial charge in [-0.1, -0.05) is 29.8 Å². The number of benzene rings is 1. The van der Waals surface area contributed by atoms with E-state index >= 15 is 0 Å². The van der Waals surface area contributed by atoms with E-state index in [1.54, 1.807) is 6.07 Å². The zero-order valence-corrected chi connectivity index (χ0v) is 10.5. The molecule has 0 saturated heterocycles. The Labute approximate surface area is 109 Å². The van der Waals surface area contributed by atoms with Crippen molar-refractivity contribution in [3.05, 3.63) is 59.5 Å². The molecule has 0 radical (unpaired) electrons. The summed E-state index contributed by atoms with van der Waals surface area (Å²) >= 11 is 0. The third-order valence-electron chi connectivity index (χ3n) is 2.87. The van der Waals surface area contributed by atoms with Crippen LogP contribution in [0.2, 0.25) is 0 Å². The van der Waals surface area contributed by atoms with Gasteiger partial charge in [-0.05, 0) is 24.6 Å². The van der Waals surface area contributed by atoms with Crippen LogP contribution < -0.4 is 5.32 Å². The maximum atomic E-state index is 13.0. The highest BCUT2D eigenvalue weighted by atomic mass is 19.1. The highest BCUT2D eigenvalue weighted by molar-refractivity contribution is 5.43. The molecule has 4 nitrogen and oxygen atoms in total. The SMILES string of the molecule is Cc1ccc(CNc2nc3ccc(F)cn3n2)cc1. The summed E-state index contributed by atoms with van der Waals surface area (Å²) in [5.41, 5.74) is 2.99. The number of anilines is 1. The maximum absolute atomic E-state index is 13.0. The lowest BCUT2D eigenvalue weighted by Crippen LogP contribution is -2.01. The predicted octanol–water partition coefficient (Wildman–Crippen LogP) is 2.79. The summed E-state index contributed by atoms with van der Waals surface area (Å²) in [6.45, 7) is 2.69. The summed E-state index contributed by atoms with van der Waals surface area (Å²) < 4.78 is 14.4. The zero-order chi connectivity index (χ0) is 13.2. The second-order valence-electron chi connectivity index (χ2n) is 4.42. The number of pyridine rings is 1. The minimum atomic E-state index is -0.331. The van der Waals surface area contributed by atoms with Gasteiger partial charge >= 0.3 is 0 Å². The number of rotatable bonds is 3. The first-order chi connectivity index (χ1) is 9.20.